The zero-order valence-corrected chi connectivity index (χ0v) is 10.7. The average Bonchev–Trinajstić information content (AvgIpc) is 2.90. The van der Waals surface area contributed by atoms with Crippen molar-refractivity contribution >= 4 is 22.0 Å². The summed E-state index contributed by atoms with van der Waals surface area (Å²) in [6.07, 6.45) is 3.95. The highest BCUT2D eigenvalue weighted by Gasteiger charge is 2.09. The molecule has 3 aromatic rings. The van der Waals surface area contributed by atoms with Crippen LogP contribution in [0, 0.1) is 5.82 Å². The van der Waals surface area contributed by atoms with Gasteiger partial charge in [-0.3, -0.25) is 4.40 Å². The van der Waals surface area contributed by atoms with E-state index >= 15 is 0 Å². The maximum atomic E-state index is 13.6. The van der Waals surface area contributed by atoms with E-state index in [9.17, 15) is 4.39 Å². The van der Waals surface area contributed by atoms with E-state index in [0.717, 1.165) is 10.7 Å². The third kappa shape index (κ3) is 1.97. The Morgan fingerprint density at radius 1 is 1.39 bits per heavy atom. The van der Waals surface area contributed by atoms with Gasteiger partial charge >= 0.3 is 0 Å². The lowest BCUT2D eigenvalue weighted by atomic mass is 10.2. The molecular weight excluding hydrogens is 249 g/mol. The Bertz CT molecular complexity index is 645. The minimum atomic E-state index is -0.207. The van der Waals surface area contributed by atoms with Crippen molar-refractivity contribution < 1.29 is 4.39 Å². The van der Waals surface area contributed by atoms with Crippen LogP contribution in [0.3, 0.4) is 0 Å². The molecule has 0 spiro atoms. The van der Waals surface area contributed by atoms with Gasteiger partial charge in [-0.2, -0.15) is 0 Å². The second kappa shape index (κ2) is 4.42. The van der Waals surface area contributed by atoms with E-state index in [1.54, 1.807) is 23.5 Å². The average molecular weight is 261 g/mol. The predicted octanol–water partition coefficient (Wildman–Crippen LogP) is 3.17. The molecule has 1 aromatic carbocycles. The molecule has 3 nitrogen and oxygen atoms in total. The van der Waals surface area contributed by atoms with Crippen LogP contribution in [0.4, 0.5) is 10.1 Å². The number of nitrogens with zero attached hydrogens (tertiary/aromatic N) is 3. The molecule has 18 heavy (non-hydrogen) atoms. The highest BCUT2D eigenvalue weighted by atomic mass is 32.1. The molecule has 3 rings (SSSR count). The zero-order valence-electron chi connectivity index (χ0n) is 9.88. The van der Waals surface area contributed by atoms with E-state index in [4.69, 9.17) is 0 Å². The van der Waals surface area contributed by atoms with Crippen LogP contribution < -0.4 is 4.90 Å². The topological polar surface area (TPSA) is 20.5 Å². The molecule has 0 saturated carbocycles. The van der Waals surface area contributed by atoms with E-state index < -0.39 is 0 Å². The smallest absolute Gasteiger partial charge is 0.193 e. The molecule has 0 unspecified atom stereocenters. The van der Waals surface area contributed by atoms with Crippen molar-refractivity contribution in [3.63, 3.8) is 0 Å². The van der Waals surface area contributed by atoms with Gasteiger partial charge in [-0.25, -0.2) is 9.37 Å². The number of halogens is 1. The first-order valence-electron chi connectivity index (χ1n) is 5.61. The zero-order chi connectivity index (χ0) is 12.5. The number of para-hydroxylation sites is 1. The number of aromatic nitrogens is 2. The first-order chi connectivity index (χ1) is 8.74. The van der Waals surface area contributed by atoms with Crippen molar-refractivity contribution in [2.45, 2.75) is 6.54 Å². The van der Waals surface area contributed by atoms with Gasteiger partial charge < -0.3 is 4.90 Å². The van der Waals surface area contributed by atoms with Gasteiger partial charge in [-0.05, 0) is 12.1 Å². The summed E-state index contributed by atoms with van der Waals surface area (Å²) in [4.78, 5) is 7.31. The van der Waals surface area contributed by atoms with Crippen LogP contribution in [0.1, 0.15) is 5.69 Å². The molecule has 0 fully saturated rings. The molecule has 0 aliphatic carbocycles. The minimum absolute atomic E-state index is 0.207. The summed E-state index contributed by atoms with van der Waals surface area (Å²) in [7, 11) is 1.87. The quantitative estimate of drug-likeness (QED) is 0.722. The SMILES string of the molecule is CN(Cc1cn2ccsc2n1)c1ccccc1F. The Morgan fingerprint density at radius 2 is 2.22 bits per heavy atom. The Kier molecular flexibility index (Phi) is 2.76. The molecule has 0 aliphatic rings. The van der Waals surface area contributed by atoms with Crippen LogP contribution in [0.15, 0.2) is 42.0 Å². The van der Waals surface area contributed by atoms with E-state index in [1.165, 1.54) is 6.07 Å². The van der Waals surface area contributed by atoms with Gasteiger partial charge in [0.2, 0.25) is 0 Å². The summed E-state index contributed by atoms with van der Waals surface area (Å²) in [5.74, 6) is -0.207. The number of thiazole rings is 1. The largest absolute Gasteiger partial charge is 0.366 e. The summed E-state index contributed by atoms with van der Waals surface area (Å²) in [5.41, 5.74) is 1.53. The van der Waals surface area contributed by atoms with Crippen LogP contribution in [-0.2, 0) is 6.54 Å². The molecule has 0 bridgehead atoms. The molecule has 0 N–H and O–H groups in total. The number of imidazole rings is 1. The molecule has 0 amide bonds. The van der Waals surface area contributed by atoms with Gasteiger partial charge in [0.15, 0.2) is 4.96 Å². The van der Waals surface area contributed by atoms with Crippen molar-refractivity contribution in [1.29, 1.82) is 0 Å². The van der Waals surface area contributed by atoms with Gasteiger partial charge in [0.1, 0.15) is 5.82 Å². The number of benzene rings is 1. The number of rotatable bonds is 3. The Morgan fingerprint density at radius 3 is 3.00 bits per heavy atom. The first kappa shape index (κ1) is 11.2. The number of anilines is 1. The highest BCUT2D eigenvalue weighted by Crippen LogP contribution is 2.20. The van der Waals surface area contributed by atoms with Crippen LogP contribution >= 0.6 is 11.3 Å². The molecule has 0 atom stereocenters. The third-order valence-electron chi connectivity index (χ3n) is 2.81. The van der Waals surface area contributed by atoms with Gasteiger partial charge in [-0.15, -0.1) is 11.3 Å². The highest BCUT2D eigenvalue weighted by molar-refractivity contribution is 7.15. The Labute approximate surface area is 108 Å². The lowest BCUT2D eigenvalue weighted by molar-refractivity contribution is 0.622. The van der Waals surface area contributed by atoms with E-state index in [1.807, 2.05) is 40.2 Å². The van der Waals surface area contributed by atoms with Crippen molar-refractivity contribution in [1.82, 2.24) is 9.38 Å². The van der Waals surface area contributed by atoms with Crippen molar-refractivity contribution in [3.05, 3.63) is 53.6 Å². The Hall–Kier alpha value is -1.88. The summed E-state index contributed by atoms with van der Waals surface area (Å²) in [5, 5.41) is 1.99. The second-order valence-corrected chi connectivity index (χ2v) is 5.01. The molecule has 0 aliphatic heterocycles. The lowest BCUT2D eigenvalue weighted by Gasteiger charge is -2.18. The maximum Gasteiger partial charge on any atom is 0.193 e. The molecule has 5 heteroatoms. The van der Waals surface area contributed by atoms with Crippen molar-refractivity contribution in [3.8, 4) is 0 Å². The standard InChI is InChI=1S/C13H12FN3S/c1-16(12-5-3-2-4-11(12)14)8-10-9-17-6-7-18-13(17)15-10/h2-7,9H,8H2,1H3. The van der Waals surface area contributed by atoms with Gasteiger partial charge in [0.25, 0.3) is 0 Å². The van der Waals surface area contributed by atoms with Crippen molar-refractivity contribution in [2.75, 3.05) is 11.9 Å². The molecule has 92 valence electrons. The van der Waals surface area contributed by atoms with Crippen molar-refractivity contribution in [2.24, 2.45) is 0 Å². The van der Waals surface area contributed by atoms with Crippen LogP contribution in [0.5, 0.6) is 0 Å². The predicted molar refractivity (Wildman–Crippen MR) is 71.6 cm³/mol. The molecular formula is C13H12FN3S. The fraction of sp³-hybridized carbons (Fsp3) is 0.154. The Balaban J connectivity index is 1.84. The summed E-state index contributed by atoms with van der Waals surface area (Å²) < 4.78 is 15.6. The minimum Gasteiger partial charge on any atom is -0.366 e. The van der Waals surface area contributed by atoms with Gasteiger partial charge in [0.05, 0.1) is 17.9 Å². The lowest BCUT2D eigenvalue weighted by Crippen LogP contribution is -2.17. The van der Waals surface area contributed by atoms with Crippen LogP contribution in [0.2, 0.25) is 0 Å². The summed E-state index contributed by atoms with van der Waals surface area (Å²) >= 11 is 1.59. The van der Waals surface area contributed by atoms with E-state index in [0.29, 0.717) is 12.2 Å². The summed E-state index contributed by atoms with van der Waals surface area (Å²) in [6.45, 7) is 0.593. The maximum absolute atomic E-state index is 13.6. The fourth-order valence-electron chi connectivity index (χ4n) is 1.94. The number of fused-ring (bicyclic) bond motifs is 1. The van der Waals surface area contributed by atoms with Gasteiger partial charge in [0, 0.05) is 24.8 Å². The monoisotopic (exact) mass is 261 g/mol. The molecule has 2 aromatic heterocycles. The van der Waals surface area contributed by atoms with E-state index in [-0.39, 0.29) is 5.82 Å². The molecule has 0 radical (unpaired) electrons. The number of hydrogen-bond donors (Lipinski definition) is 0. The molecule has 0 saturated heterocycles. The third-order valence-corrected chi connectivity index (χ3v) is 3.58. The number of hydrogen-bond acceptors (Lipinski definition) is 3. The van der Waals surface area contributed by atoms with E-state index in [2.05, 4.69) is 4.98 Å². The van der Waals surface area contributed by atoms with Crippen LogP contribution in [0.25, 0.3) is 4.96 Å². The second-order valence-electron chi connectivity index (χ2n) is 4.13. The fourth-order valence-corrected chi connectivity index (χ4v) is 2.66. The summed E-state index contributed by atoms with van der Waals surface area (Å²) in [6, 6.07) is 6.77. The van der Waals surface area contributed by atoms with Gasteiger partial charge in [-0.1, -0.05) is 12.1 Å². The molecule has 2 heterocycles. The normalized spacial score (nSPS) is 11.0. The first-order valence-corrected chi connectivity index (χ1v) is 6.49. The van der Waals surface area contributed by atoms with Crippen LogP contribution in [-0.4, -0.2) is 16.4 Å².